The minimum absolute atomic E-state index is 0.0829. The van der Waals surface area contributed by atoms with Gasteiger partial charge in [0, 0.05) is 12.8 Å². The maximum Gasteiger partial charge on any atom is 0.303 e. The smallest absolute Gasteiger partial charge is 0.303 e. The molecule has 2 spiro atoms. The predicted octanol–water partition coefficient (Wildman–Crippen LogP) is 1.29. The second-order valence-electron chi connectivity index (χ2n) is 21.6. The van der Waals surface area contributed by atoms with E-state index in [0.29, 0.717) is 25.7 Å². The first-order valence-corrected chi connectivity index (χ1v) is 21.8. The molecule has 0 aromatic rings. The molecule has 58 heavy (non-hydrogen) atoms. The molecule has 0 bridgehead atoms. The molecule has 5 saturated carbocycles. The van der Waals surface area contributed by atoms with Gasteiger partial charge < -0.3 is 69.3 Å². The summed E-state index contributed by atoms with van der Waals surface area (Å²) in [6.45, 7) is 15.0. The number of aliphatic hydroxyl groups excluding tert-OH is 7. The largest absolute Gasteiger partial charge is 0.454 e. The molecule has 8 N–H and O–H groups in total. The molecule has 21 atom stereocenters. The molecule has 8 fully saturated rings. The summed E-state index contributed by atoms with van der Waals surface area (Å²) in [6.07, 6.45) is -7.66. The lowest BCUT2D eigenvalue weighted by Gasteiger charge is -2.65. The van der Waals surface area contributed by atoms with Crippen LogP contribution in [0.15, 0.2) is 0 Å². The van der Waals surface area contributed by atoms with Gasteiger partial charge in [-0.3, -0.25) is 4.79 Å². The van der Waals surface area contributed by atoms with Gasteiger partial charge in [-0.1, -0.05) is 27.7 Å². The fourth-order valence-electron chi connectivity index (χ4n) is 15.2. The van der Waals surface area contributed by atoms with Crippen LogP contribution in [0.5, 0.6) is 0 Å². The average Bonchev–Trinajstić information content (AvgIpc) is 3.50. The minimum atomic E-state index is -1.62. The van der Waals surface area contributed by atoms with Crippen molar-refractivity contribution in [2.24, 2.45) is 44.8 Å². The normalized spacial score (nSPS) is 56.1. The van der Waals surface area contributed by atoms with E-state index in [1.54, 1.807) is 13.8 Å². The highest BCUT2D eigenvalue weighted by atomic mass is 16.7. The monoisotopic (exact) mass is 826 g/mol. The summed E-state index contributed by atoms with van der Waals surface area (Å²) in [4.78, 5) is 12.1. The summed E-state index contributed by atoms with van der Waals surface area (Å²) >= 11 is 0. The van der Waals surface area contributed by atoms with Crippen molar-refractivity contribution in [1.82, 2.24) is 0 Å². The van der Waals surface area contributed by atoms with Crippen LogP contribution in [0.3, 0.4) is 0 Å². The van der Waals surface area contributed by atoms with Crippen LogP contribution < -0.4 is 0 Å². The first kappa shape index (κ1) is 43.6. The molecule has 0 amide bonds. The maximum atomic E-state index is 12.2. The number of aliphatic hydroxyl groups is 8. The number of esters is 1. The van der Waals surface area contributed by atoms with Gasteiger partial charge in [-0.05, 0) is 117 Å². The SMILES string of the molecule is CC(=O)OC1C(OC2CC[C@]34CC35CC[C@]3(C)C([C@@]6(C)CCC(C(C)(C)O)O6)C(O)C[C@@]3(C)C5CC(OC3OC(CO)C(O)C(O)C3O)C4C2(C)C)OCC(O)C1O. The summed E-state index contributed by atoms with van der Waals surface area (Å²) in [5, 5.41) is 87.3. The molecule has 3 saturated heterocycles. The number of hydrogen-bond donors (Lipinski definition) is 8. The lowest BCUT2D eigenvalue weighted by atomic mass is 9.41. The molecule has 15 nitrogen and oxygen atoms in total. The van der Waals surface area contributed by atoms with Crippen LogP contribution >= 0.6 is 0 Å². The van der Waals surface area contributed by atoms with Crippen LogP contribution in [0, 0.1) is 44.8 Å². The van der Waals surface area contributed by atoms with E-state index in [-0.39, 0.29) is 52.1 Å². The Morgan fingerprint density at radius 1 is 0.793 bits per heavy atom. The Morgan fingerprint density at radius 3 is 2.14 bits per heavy atom. The van der Waals surface area contributed by atoms with Gasteiger partial charge in [0.15, 0.2) is 18.7 Å². The van der Waals surface area contributed by atoms with E-state index in [2.05, 4.69) is 34.6 Å². The van der Waals surface area contributed by atoms with E-state index in [4.69, 9.17) is 28.4 Å². The highest BCUT2D eigenvalue weighted by Crippen LogP contribution is 2.89. The van der Waals surface area contributed by atoms with Crippen molar-refractivity contribution >= 4 is 5.97 Å². The van der Waals surface area contributed by atoms with Gasteiger partial charge in [0.2, 0.25) is 0 Å². The van der Waals surface area contributed by atoms with Crippen molar-refractivity contribution in [3.63, 3.8) is 0 Å². The number of carbonyl (C=O) groups is 1. The van der Waals surface area contributed by atoms with Crippen LogP contribution in [-0.2, 0) is 33.2 Å². The number of carbonyl (C=O) groups excluding carboxylic acids is 1. The average molecular weight is 827 g/mol. The molecule has 332 valence electrons. The fraction of sp³-hybridized carbons (Fsp3) is 0.977. The number of ether oxygens (including phenoxy) is 6. The van der Waals surface area contributed by atoms with Gasteiger partial charge in [0.25, 0.3) is 0 Å². The molecule has 0 aromatic carbocycles. The second kappa shape index (κ2) is 14.2. The minimum Gasteiger partial charge on any atom is -0.454 e. The van der Waals surface area contributed by atoms with E-state index in [1.807, 2.05) is 0 Å². The summed E-state index contributed by atoms with van der Waals surface area (Å²) in [7, 11) is 0. The zero-order chi connectivity index (χ0) is 42.3. The first-order chi connectivity index (χ1) is 26.9. The third-order valence-electron chi connectivity index (χ3n) is 17.9. The van der Waals surface area contributed by atoms with Crippen LogP contribution in [0.25, 0.3) is 0 Å². The molecule has 8 aliphatic rings. The highest BCUT2D eigenvalue weighted by molar-refractivity contribution is 5.66. The standard InChI is InChI=1S/C43H70O15/c1-20(45)54-32-28(48)22(47)18-53-36(32)57-26-10-12-43-19-42(43)14-13-39(6)33(41(8)11-9-27(58-41)38(4,5)52)21(46)16-40(39,7)25(42)15-23(34(43)37(26,2)3)55-35-31(51)30(50)29(49)24(17-44)56-35/h21-36,44,46-52H,9-19H2,1-8H3/t21?,22?,23?,24?,25?,26?,27?,28?,29?,30?,31?,32?,33?,34?,35?,36?,39-,40+,41-,42?,43-/m1/s1. The summed E-state index contributed by atoms with van der Waals surface area (Å²) in [5.41, 5.74) is -3.32. The van der Waals surface area contributed by atoms with Gasteiger partial charge in [-0.2, -0.15) is 0 Å². The van der Waals surface area contributed by atoms with Crippen molar-refractivity contribution < 1.29 is 74.1 Å². The van der Waals surface area contributed by atoms with Gasteiger partial charge in [-0.15, -0.1) is 0 Å². The van der Waals surface area contributed by atoms with Crippen LogP contribution in [0.2, 0.25) is 0 Å². The summed E-state index contributed by atoms with van der Waals surface area (Å²) in [5.74, 6) is -0.931. The molecular formula is C43H70O15. The van der Waals surface area contributed by atoms with Crippen molar-refractivity contribution in [1.29, 1.82) is 0 Å². The predicted molar refractivity (Wildman–Crippen MR) is 203 cm³/mol. The van der Waals surface area contributed by atoms with Gasteiger partial charge in [0.05, 0.1) is 48.8 Å². The van der Waals surface area contributed by atoms with Crippen molar-refractivity contribution in [3.05, 3.63) is 0 Å². The summed E-state index contributed by atoms with van der Waals surface area (Å²) < 4.78 is 37.8. The molecule has 15 heteroatoms. The molecule has 0 aromatic heterocycles. The molecule has 17 unspecified atom stereocenters. The Morgan fingerprint density at radius 2 is 1.50 bits per heavy atom. The maximum absolute atomic E-state index is 12.2. The highest BCUT2D eigenvalue weighted by Gasteiger charge is 2.85. The van der Waals surface area contributed by atoms with Crippen LogP contribution in [0.4, 0.5) is 0 Å². The lowest BCUT2D eigenvalue weighted by Crippen LogP contribution is -2.65. The molecule has 8 rings (SSSR count). The van der Waals surface area contributed by atoms with E-state index in [9.17, 15) is 45.6 Å². The number of hydrogen-bond acceptors (Lipinski definition) is 15. The van der Waals surface area contributed by atoms with Gasteiger partial charge in [0.1, 0.15) is 36.6 Å². The van der Waals surface area contributed by atoms with E-state index in [1.165, 1.54) is 6.92 Å². The van der Waals surface area contributed by atoms with E-state index >= 15 is 0 Å². The van der Waals surface area contributed by atoms with Gasteiger partial charge >= 0.3 is 5.97 Å². The van der Waals surface area contributed by atoms with Crippen LogP contribution in [-0.4, -0.2) is 151 Å². The Labute approximate surface area is 341 Å². The second-order valence-corrected chi connectivity index (χ2v) is 21.6. The van der Waals surface area contributed by atoms with Crippen LogP contribution in [0.1, 0.15) is 113 Å². The molecule has 3 aliphatic heterocycles. The molecule has 5 aliphatic carbocycles. The first-order valence-electron chi connectivity index (χ1n) is 21.8. The fourth-order valence-corrected chi connectivity index (χ4v) is 15.2. The molecule has 3 heterocycles. The van der Waals surface area contributed by atoms with Gasteiger partial charge in [-0.25, -0.2) is 0 Å². The van der Waals surface area contributed by atoms with E-state index < -0.39 is 103 Å². The molecule has 0 radical (unpaired) electrons. The Hall–Kier alpha value is -1.05. The topological polar surface area (TPSA) is 234 Å². The third-order valence-corrected chi connectivity index (χ3v) is 17.9. The Bertz CT molecular complexity index is 1570. The van der Waals surface area contributed by atoms with E-state index in [0.717, 1.165) is 32.1 Å². The molecular weight excluding hydrogens is 756 g/mol. The number of fused-ring (bicyclic) bond motifs is 2. The summed E-state index contributed by atoms with van der Waals surface area (Å²) in [6, 6.07) is 0. The Balaban J connectivity index is 1.15. The number of rotatable bonds is 8. The lowest BCUT2D eigenvalue weighted by molar-refractivity contribution is -0.339. The van der Waals surface area contributed by atoms with Crippen molar-refractivity contribution in [2.75, 3.05) is 13.2 Å². The zero-order valence-corrected chi connectivity index (χ0v) is 35.5. The van der Waals surface area contributed by atoms with Crippen molar-refractivity contribution in [2.45, 2.75) is 204 Å². The third kappa shape index (κ3) is 6.17. The quantitative estimate of drug-likeness (QED) is 0.127. The van der Waals surface area contributed by atoms with Crippen molar-refractivity contribution in [3.8, 4) is 0 Å². The Kier molecular flexibility index (Phi) is 10.7. The zero-order valence-electron chi connectivity index (χ0n) is 35.5.